The Morgan fingerprint density at radius 2 is 1.90 bits per heavy atom. The molecule has 0 radical (unpaired) electrons. The van der Waals surface area contributed by atoms with Crippen LogP contribution in [0.4, 0.5) is 5.69 Å². The third-order valence-electron chi connectivity index (χ3n) is 5.31. The van der Waals surface area contributed by atoms with Crippen LogP contribution in [0.25, 0.3) is 16.6 Å². The van der Waals surface area contributed by atoms with Gasteiger partial charge >= 0.3 is 0 Å². The summed E-state index contributed by atoms with van der Waals surface area (Å²) in [5.74, 6) is -0.240. The van der Waals surface area contributed by atoms with E-state index in [1.165, 1.54) is 0 Å². The molecule has 2 aromatic carbocycles. The highest BCUT2D eigenvalue weighted by Gasteiger charge is 2.11. The second-order valence-electron chi connectivity index (χ2n) is 7.69. The number of rotatable bonds is 5. The zero-order valence-corrected chi connectivity index (χ0v) is 18.1. The molecule has 0 aliphatic heterocycles. The number of nitrogens with zero attached hydrogens (tertiary/aromatic N) is 4. The van der Waals surface area contributed by atoms with Gasteiger partial charge in [0.05, 0.1) is 11.7 Å². The molecule has 2 heterocycles. The summed E-state index contributed by atoms with van der Waals surface area (Å²) in [5.41, 5.74) is 9.29. The number of aryl methyl sites for hydroxylation is 1. The SMILES string of the molecule is Cc1cc(/C=N\NC(=O)c2cccc(N(C)C)c2)c(C)n1-c1ccc2ncccc2c1. The van der Waals surface area contributed by atoms with Gasteiger partial charge in [-0.15, -0.1) is 0 Å². The number of hydrazone groups is 1. The topological polar surface area (TPSA) is 62.5 Å². The molecular formula is C25H25N5O. The highest BCUT2D eigenvalue weighted by atomic mass is 16.2. The van der Waals surface area contributed by atoms with Crippen molar-refractivity contribution in [1.82, 2.24) is 15.0 Å². The van der Waals surface area contributed by atoms with Crippen molar-refractivity contribution in [2.75, 3.05) is 19.0 Å². The van der Waals surface area contributed by atoms with Crippen molar-refractivity contribution < 1.29 is 4.79 Å². The molecule has 0 aliphatic rings. The van der Waals surface area contributed by atoms with Crippen molar-refractivity contribution in [3.05, 3.63) is 89.4 Å². The molecule has 0 fully saturated rings. The van der Waals surface area contributed by atoms with Crippen LogP contribution >= 0.6 is 0 Å². The third-order valence-corrected chi connectivity index (χ3v) is 5.31. The number of pyridine rings is 1. The van der Waals surface area contributed by atoms with Gasteiger partial charge in [0.2, 0.25) is 0 Å². The number of benzene rings is 2. The van der Waals surface area contributed by atoms with Crippen LogP contribution < -0.4 is 10.3 Å². The predicted octanol–water partition coefficient (Wildman–Crippen LogP) is 4.47. The Kier molecular flexibility index (Phi) is 5.54. The fourth-order valence-corrected chi connectivity index (χ4v) is 3.67. The lowest BCUT2D eigenvalue weighted by Crippen LogP contribution is -2.18. The predicted molar refractivity (Wildman–Crippen MR) is 126 cm³/mol. The second-order valence-corrected chi connectivity index (χ2v) is 7.69. The van der Waals surface area contributed by atoms with Crippen molar-refractivity contribution in [3.8, 4) is 5.69 Å². The molecule has 0 spiro atoms. The smallest absolute Gasteiger partial charge is 0.271 e. The Bertz CT molecular complexity index is 1290. The number of carbonyl (C=O) groups excluding carboxylic acids is 1. The Balaban J connectivity index is 1.55. The molecule has 6 heteroatoms. The standard InChI is InChI=1S/C25H25N5O/c1-17-13-21(16-27-28-25(31)20-7-5-9-22(15-20)29(3)4)18(2)30(17)23-10-11-24-19(14-23)8-6-12-26-24/h5-16H,1-4H3,(H,28,31)/b27-16-. The summed E-state index contributed by atoms with van der Waals surface area (Å²) in [6, 6.07) is 19.7. The number of hydrogen-bond acceptors (Lipinski definition) is 4. The van der Waals surface area contributed by atoms with Crippen LogP contribution in [0.3, 0.4) is 0 Å². The second kappa shape index (κ2) is 8.44. The number of amides is 1. The molecule has 4 rings (SSSR count). The van der Waals surface area contributed by atoms with Gasteiger partial charge in [-0.2, -0.15) is 5.10 Å². The van der Waals surface area contributed by atoms with Gasteiger partial charge in [0.15, 0.2) is 0 Å². The zero-order valence-electron chi connectivity index (χ0n) is 18.1. The van der Waals surface area contributed by atoms with Gasteiger partial charge in [0, 0.05) is 59.6 Å². The van der Waals surface area contributed by atoms with Crippen molar-refractivity contribution in [3.63, 3.8) is 0 Å². The van der Waals surface area contributed by atoms with Crippen LogP contribution in [-0.4, -0.2) is 35.8 Å². The molecule has 156 valence electrons. The molecule has 31 heavy (non-hydrogen) atoms. The largest absolute Gasteiger partial charge is 0.378 e. The lowest BCUT2D eigenvalue weighted by molar-refractivity contribution is 0.0955. The molecule has 1 N–H and O–H groups in total. The molecule has 1 amide bonds. The maximum Gasteiger partial charge on any atom is 0.271 e. The maximum atomic E-state index is 12.5. The van der Waals surface area contributed by atoms with Crippen molar-refractivity contribution >= 4 is 28.7 Å². The number of carbonyl (C=O) groups is 1. The Morgan fingerprint density at radius 3 is 2.71 bits per heavy atom. The van der Waals surface area contributed by atoms with Crippen molar-refractivity contribution in [2.45, 2.75) is 13.8 Å². The Morgan fingerprint density at radius 1 is 1.06 bits per heavy atom. The summed E-state index contributed by atoms with van der Waals surface area (Å²) >= 11 is 0. The molecule has 0 aliphatic carbocycles. The first kappa shape index (κ1) is 20.3. The van der Waals surface area contributed by atoms with Crippen LogP contribution in [0.1, 0.15) is 27.3 Å². The van der Waals surface area contributed by atoms with Gasteiger partial charge in [-0.25, -0.2) is 5.43 Å². The highest BCUT2D eigenvalue weighted by Crippen LogP contribution is 2.23. The van der Waals surface area contributed by atoms with Crippen LogP contribution in [0.2, 0.25) is 0 Å². The van der Waals surface area contributed by atoms with E-state index >= 15 is 0 Å². The summed E-state index contributed by atoms with van der Waals surface area (Å²) in [5, 5.41) is 5.28. The highest BCUT2D eigenvalue weighted by molar-refractivity contribution is 5.96. The number of hydrogen-bond donors (Lipinski definition) is 1. The minimum Gasteiger partial charge on any atom is -0.378 e. The summed E-state index contributed by atoms with van der Waals surface area (Å²) in [6.07, 6.45) is 3.49. The van der Waals surface area contributed by atoms with Crippen LogP contribution in [0.15, 0.2) is 72.0 Å². The normalized spacial score (nSPS) is 11.2. The minimum atomic E-state index is -0.240. The number of nitrogens with one attached hydrogen (secondary N) is 1. The van der Waals surface area contributed by atoms with E-state index in [4.69, 9.17) is 0 Å². The number of aromatic nitrogens is 2. The van der Waals surface area contributed by atoms with Crippen LogP contribution in [0, 0.1) is 13.8 Å². The molecule has 4 aromatic rings. The molecular weight excluding hydrogens is 386 g/mol. The first-order chi connectivity index (χ1) is 14.9. The third kappa shape index (κ3) is 4.19. The molecule has 0 bridgehead atoms. The lowest BCUT2D eigenvalue weighted by Gasteiger charge is -2.12. The van der Waals surface area contributed by atoms with E-state index in [0.717, 1.165) is 39.2 Å². The quantitative estimate of drug-likeness (QED) is 0.389. The lowest BCUT2D eigenvalue weighted by atomic mass is 10.2. The molecule has 0 saturated carbocycles. The van der Waals surface area contributed by atoms with Crippen molar-refractivity contribution in [2.24, 2.45) is 5.10 Å². The summed E-state index contributed by atoms with van der Waals surface area (Å²) in [7, 11) is 3.88. The van der Waals surface area contributed by atoms with Gasteiger partial charge < -0.3 is 9.47 Å². The monoisotopic (exact) mass is 411 g/mol. The molecule has 0 saturated heterocycles. The van der Waals surface area contributed by atoms with E-state index in [2.05, 4.69) is 51.3 Å². The Labute approximate surface area is 181 Å². The van der Waals surface area contributed by atoms with Gasteiger partial charge in [0.1, 0.15) is 0 Å². The summed E-state index contributed by atoms with van der Waals surface area (Å²) in [4.78, 5) is 18.8. The summed E-state index contributed by atoms with van der Waals surface area (Å²) < 4.78 is 2.18. The molecule has 0 atom stereocenters. The fourth-order valence-electron chi connectivity index (χ4n) is 3.67. The minimum absolute atomic E-state index is 0.240. The van der Waals surface area contributed by atoms with Gasteiger partial charge in [0.25, 0.3) is 5.91 Å². The van der Waals surface area contributed by atoms with Crippen molar-refractivity contribution in [1.29, 1.82) is 0 Å². The zero-order chi connectivity index (χ0) is 22.0. The first-order valence-electron chi connectivity index (χ1n) is 10.1. The summed E-state index contributed by atoms with van der Waals surface area (Å²) in [6.45, 7) is 4.10. The molecule has 6 nitrogen and oxygen atoms in total. The van der Waals surface area contributed by atoms with E-state index in [9.17, 15) is 4.79 Å². The van der Waals surface area contributed by atoms with E-state index in [0.29, 0.717) is 5.56 Å². The number of fused-ring (bicyclic) bond motifs is 1. The number of anilines is 1. The van der Waals surface area contributed by atoms with E-state index in [-0.39, 0.29) is 5.91 Å². The van der Waals surface area contributed by atoms with Gasteiger partial charge in [-0.3, -0.25) is 9.78 Å². The molecule has 2 aromatic heterocycles. The molecule has 0 unspecified atom stereocenters. The average molecular weight is 412 g/mol. The van der Waals surface area contributed by atoms with Gasteiger partial charge in [-0.1, -0.05) is 12.1 Å². The Hall–Kier alpha value is -3.93. The van der Waals surface area contributed by atoms with Crippen LogP contribution in [-0.2, 0) is 0 Å². The van der Waals surface area contributed by atoms with Crippen LogP contribution in [0.5, 0.6) is 0 Å². The van der Waals surface area contributed by atoms with E-state index in [1.54, 1.807) is 18.5 Å². The first-order valence-corrected chi connectivity index (χ1v) is 10.1. The van der Waals surface area contributed by atoms with E-state index < -0.39 is 0 Å². The average Bonchev–Trinajstić information content (AvgIpc) is 3.06. The van der Waals surface area contributed by atoms with Gasteiger partial charge in [-0.05, 0) is 62.4 Å². The van der Waals surface area contributed by atoms with E-state index in [1.807, 2.05) is 56.3 Å². The fraction of sp³-hybridized carbons (Fsp3) is 0.160. The maximum absolute atomic E-state index is 12.5.